The molecule has 0 atom stereocenters. The van der Waals surface area contributed by atoms with E-state index < -0.39 is 5.60 Å². The number of amides is 1. The Morgan fingerprint density at radius 3 is 2.31 bits per heavy atom. The topological polar surface area (TPSA) is 109 Å². The molecule has 1 saturated heterocycles. The molecule has 206 valence electrons. The van der Waals surface area contributed by atoms with Crippen molar-refractivity contribution in [3.63, 3.8) is 0 Å². The molecule has 0 spiro atoms. The monoisotopic (exact) mass is 532 g/mol. The zero-order valence-corrected chi connectivity index (χ0v) is 22.9. The maximum Gasteiger partial charge on any atom is 0.415 e. The first kappa shape index (κ1) is 28.0. The Morgan fingerprint density at radius 2 is 1.64 bits per heavy atom. The first-order chi connectivity index (χ1) is 18.6. The van der Waals surface area contributed by atoms with Gasteiger partial charge < -0.3 is 29.9 Å². The molecule has 3 aromatic rings. The molecule has 0 aliphatic carbocycles. The summed E-state index contributed by atoms with van der Waals surface area (Å²) in [5.74, 6) is 0.619. The second kappa shape index (κ2) is 12.7. The van der Waals surface area contributed by atoms with Gasteiger partial charge in [-0.2, -0.15) is 0 Å². The Labute approximate surface area is 229 Å². The molecule has 0 radical (unpaired) electrons. The van der Waals surface area contributed by atoms with Gasteiger partial charge in [0.2, 0.25) is 5.95 Å². The third kappa shape index (κ3) is 8.76. The molecule has 1 amide bonds. The average Bonchev–Trinajstić information content (AvgIpc) is 2.89. The number of hydrogen-bond acceptors (Lipinski definition) is 9. The Morgan fingerprint density at radius 1 is 0.949 bits per heavy atom. The highest BCUT2D eigenvalue weighted by atomic mass is 16.6. The van der Waals surface area contributed by atoms with E-state index in [0.29, 0.717) is 31.3 Å². The number of anilines is 2. The van der Waals surface area contributed by atoms with Crippen LogP contribution in [-0.2, 0) is 16.1 Å². The second-order valence-corrected chi connectivity index (χ2v) is 10.5. The molecule has 1 aromatic heterocycles. The molecule has 0 bridgehead atoms. The predicted octanol–water partition coefficient (Wildman–Crippen LogP) is 4.06. The zero-order chi connectivity index (χ0) is 27.8. The van der Waals surface area contributed by atoms with Gasteiger partial charge in [-0.25, -0.2) is 14.8 Å². The number of carbonyl (C=O) groups excluding carboxylic acids is 2. The van der Waals surface area contributed by atoms with Crippen LogP contribution in [0.4, 0.5) is 16.4 Å². The number of piperazine rings is 1. The van der Waals surface area contributed by atoms with Crippen LogP contribution in [0.25, 0.3) is 11.1 Å². The fraction of sp³-hybridized carbons (Fsp3) is 0.379. The molecule has 4 rings (SSSR count). The number of hydrogen-bond donors (Lipinski definition) is 2. The number of nitrogens with one attached hydrogen (secondary N) is 2. The zero-order valence-electron chi connectivity index (χ0n) is 22.9. The van der Waals surface area contributed by atoms with E-state index in [4.69, 9.17) is 9.47 Å². The van der Waals surface area contributed by atoms with Crippen LogP contribution >= 0.6 is 0 Å². The first-order valence-corrected chi connectivity index (χ1v) is 13.0. The van der Waals surface area contributed by atoms with Crippen LogP contribution in [0.1, 0.15) is 26.3 Å². The second-order valence-electron chi connectivity index (χ2n) is 10.5. The highest BCUT2D eigenvalue weighted by molar-refractivity contribution is 5.72. The summed E-state index contributed by atoms with van der Waals surface area (Å²) in [6.07, 6.45) is 3.16. The smallest absolute Gasteiger partial charge is 0.415 e. The van der Waals surface area contributed by atoms with Crippen molar-refractivity contribution in [3.05, 3.63) is 66.5 Å². The molecule has 1 fully saturated rings. The van der Waals surface area contributed by atoms with Crippen molar-refractivity contribution >= 4 is 23.7 Å². The lowest BCUT2D eigenvalue weighted by molar-refractivity contribution is -0.153. The SMILES string of the molecule is CN1CCN(C(=O)Oc2cccc(Nc3ncc(-c4ccc(CNCC(=O)OC(C)(C)C)cc4)cn3)c2)CC1. The molecular weight excluding hydrogens is 496 g/mol. The van der Waals surface area contributed by atoms with E-state index >= 15 is 0 Å². The lowest BCUT2D eigenvalue weighted by Gasteiger charge is -2.31. The number of likely N-dealkylation sites (N-methyl/N-ethyl adjacent to an activating group) is 1. The number of rotatable bonds is 8. The summed E-state index contributed by atoms with van der Waals surface area (Å²) < 4.78 is 10.9. The molecule has 2 aromatic carbocycles. The van der Waals surface area contributed by atoms with Crippen molar-refractivity contribution in [1.82, 2.24) is 25.1 Å². The number of esters is 1. The normalized spacial score (nSPS) is 14.1. The molecule has 2 N–H and O–H groups in total. The molecule has 1 aliphatic heterocycles. The Balaban J connectivity index is 1.28. The number of nitrogens with zero attached hydrogens (tertiary/aromatic N) is 4. The lowest BCUT2D eigenvalue weighted by atomic mass is 10.1. The standard InChI is InChI=1S/C29H36N6O4/c1-29(2,3)39-26(36)20-30-17-21-8-10-22(11-9-21)23-18-31-27(32-19-23)33-24-6-5-7-25(16-24)38-28(37)35-14-12-34(4)13-15-35/h5-11,16,18-19,30H,12-15,17,20H2,1-4H3,(H,31,32,33). The number of aromatic nitrogens is 2. The van der Waals surface area contributed by atoms with Crippen LogP contribution in [0.5, 0.6) is 5.75 Å². The van der Waals surface area contributed by atoms with Crippen molar-refractivity contribution < 1.29 is 19.1 Å². The maximum absolute atomic E-state index is 12.5. The van der Waals surface area contributed by atoms with Gasteiger partial charge in [-0.3, -0.25) is 4.79 Å². The molecule has 2 heterocycles. The summed E-state index contributed by atoms with van der Waals surface area (Å²) in [4.78, 5) is 37.1. The van der Waals surface area contributed by atoms with Crippen LogP contribution in [-0.4, -0.2) is 77.2 Å². The first-order valence-electron chi connectivity index (χ1n) is 13.0. The van der Waals surface area contributed by atoms with E-state index in [1.165, 1.54) is 0 Å². The lowest BCUT2D eigenvalue weighted by Crippen LogP contribution is -2.48. The molecule has 39 heavy (non-hydrogen) atoms. The molecule has 0 unspecified atom stereocenters. The van der Waals surface area contributed by atoms with Crippen molar-refractivity contribution in [2.24, 2.45) is 0 Å². The Bertz CT molecular complexity index is 1250. The number of benzene rings is 2. The van der Waals surface area contributed by atoms with E-state index in [1.807, 2.05) is 64.2 Å². The minimum Gasteiger partial charge on any atom is -0.459 e. The molecule has 0 saturated carbocycles. The van der Waals surface area contributed by atoms with Crippen molar-refractivity contribution in [2.75, 3.05) is 45.1 Å². The van der Waals surface area contributed by atoms with E-state index in [9.17, 15) is 9.59 Å². The highest BCUT2D eigenvalue weighted by Crippen LogP contribution is 2.23. The van der Waals surface area contributed by atoms with Crippen LogP contribution in [0, 0.1) is 0 Å². The fourth-order valence-electron chi connectivity index (χ4n) is 3.96. The van der Waals surface area contributed by atoms with Gasteiger partial charge in [0.25, 0.3) is 0 Å². The maximum atomic E-state index is 12.5. The largest absolute Gasteiger partial charge is 0.459 e. The Kier molecular flexibility index (Phi) is 9.11. The summed E-state index contributed by atoms with van der Waals surface area (Å²) >= 11 is 0. The van der Waals surface area contributed by atoms with Crippen LogP contribution in [0.3, 0.4) is 0 Å². The van der Waals surface area contributed by atoms with Gasteiger partial charge in [0, 0.05) is 62.4 Å². The summed E-state index contributed by atoms with van der Waals surface area (Å²) in [6, 6.07) is 15.2. The summed E-state index contributed by atoms with van der Waals surface area (Å²) in [5, 5.41) is 6.26. The highest BCUT2D eigenvalue weighted by Gasteiger charge is 2.21. The third-order valence-corrected chi connectivity index (χ3v) is 6.01. The third-order valence-electron chi connectivity index (χ3n) is 6.01. The van der Waals surface area contributed by atoms with E-state index in [-0.39, 0.29) is 18.6 Å². The van der Waals surface area contributed by atoms with Gasteiger partial charge in [-0.05, 0) is 51.1 Å². The van der Waals surface area contributed by atoms with Crippen LogP contribution < -0.4 is 15.4 Å². The Hall–Kier alpha value is -4.02. The molecule has 10 nitrogen and oxygen atoms in total. The van der Waals surface area contributed by atoms with Gasteiger partial charge in [0.1, 0.15) is 11.4 Å². The van der Waals surface area contributed by atoms with Crippen LogP contribution in [0.15, 0.2) is 60.9 Å². The fourth-order valence-corrected chi connectivity index (χ4v) is 3.96. The van der Waals surface area contributed by atoms with Crippen molar-refractivity contribution in [2.45, 2.75) is 32.9 Å². The quantitative estimate of drug-likeness (QED) is 0.415. The summed E-state index contributed by atoms with van der Waals surface area (Å²) in [7, 11) is 2.04. The van der Waals surface area contributed by atoms with Gasteiger partial charge in [-0.1, -0.05) is 30.3 Å². The minimum absolute atomic E-state index is 0.156. The van der Waals surface area contributed by atoms with Gasteiger partial charge in [0.15, 0.2) is 0 Å². The number of ether oxygens (including phenoxy) is 2. The van der Waals surface area contributed by atoms with Crippen molar-refractivity contribution in [1.29, 1.82) is 0 Å². The summed E-state index contributed by atoms with van der Waals surface area (Å²) in [5.41, 5.74) is 3.14. The number of carbonyl (C=O) groups is 2. The van der Waals surface area contributed by atoms with Crippen LogP contribution in [0.2, 0.25) is 0 Å². The molecular formula is C29H36N6O4. The summed E-state index contributed by atoms with van der Waals surface area (Å²) in [6.45, 7) is 9.24. The van der Waals surface area contributed by atoms with Gasteiger partial charge in [-0.15, -0.1) is 0 Å². The molecule has 1 aliphatic rings. The van der Waals surface area contributed by atoms with E-state index in [1.54, 1.807) is 29.4 Å². The van der Waals surface area contributed by atoms with E-state index in [2.05, 4.69) is 25.5 Å². The average molecular weight is 533 g/mol. The van der Waals surface area contributed by atoms with E-state index in [0.717, 1.165) is 35.5 Å². The molecule has 10 heteroatoms. The predicted molar refractivity (Wildman–Crippen MR) is 150 cm³/mol. The van der Waals surface area contributed by atoms with Gasteiger partial charge >= 0.3 is 12.1 Å². The van der Waals surface area contributed by atoms with Crippen molar-refractivity contribution in [3.8, 4) is 16.9 Å². The minimum atomic E-state index is -0.489. The van der Waals surface area contributed by atoms with Gasteiger partial charge in [0.05, 0.1) is 6.54 Å².